The minimum Gasteiger partial charge on any atom is -0.352 e. The number of amides is 2. The summed E-state index contributed by atoms with van der Waals surface area (Å²) >= 11 is 0. The number of nitrogens with zero attached hydrogens (tertiary/aromatic N) is 1. The molecule has 0 aromatic heterocycles. The molecule has 3 N–H and O–H groups in total. The lowest BCUT2D eigenvalue weighted by Crippen LogP contribution is -2.45. The zero-order chi connectivity index (χ0) is 14.6. The van der Waals surface area contributed by atoms with Crippen LogP contribution in [0.25, 0.3) is 0 Å². The maximum atomic E-state index is 11.9. The van der Waals surface area contributed by atoms with Crippen LogP contribution in [0.2, 0.25) is 0 Å². The van der Waals surface area contributed by atoms with Crippen molar-refractivity contribution in [1.82, 2.24) is 10.2 Å². The van der Waals surface area contributed by atoms with E-state index in [2.05, 4.69) is 5.32 Å². The van der Waals surface area contributed by atoms with Gasteiger partial charge < -0.3 is 16.0 Å². The first-order valence-electron chi connectivity index (χ1n) is 7.03. The van der Waals surface area contributed by atoms with Gasteiger partial charge in [-0.05, 0) is 18.8 Å². The van der Waals surface area contributed by atoms with E-state index in [9.17, 15) is 9.59 Å². The van der Waals surface area contributed by atoms with E-state index in [4.69, 9.17) is 5.73 Å². The first-order valence-corrected chi connectivity index (χ1v) is 7.03. The van der Waals surface area contributed by atoms with E-state index in [0.717, 1.165) is 13.0 Å². The maximum absolute atomic E-state index is 11.9. The van der Waals surface area contributed by atoms with Gasteiger partial charge in [-0.3, -0.25) is 9.59 Å². The molecule has 19 heavy (non-hydrogen) atoms. The van der Waals surface area contributed by atoms with Crippen molar-refractivity contribution in [3.05, 3.63) is 0 Å². The van der Waals surface area contributed by atoms with E-state index >= 15 is 0 Å². The molecule has 5 nitrogen and oxygen atoms in total. The molecule has 1 rings (SSSR count). The van der Waals surface area contributed by atoms with Gasteiger partial charge in [-0.15, -0.1) is 0 Å². The topological polar surface area (TPSA) is 75.4 Å². The zero-order valence-corrected chi connectivity index (χ0v) is 12.5. The maximum Gasteiger partial charge on any atom is 0.222 e. The monoisotopic (exact) mass is 269 g/mol. The average Bonchev–Trinajstić information content (AvgIpc) is 2.62. The first-order chi connectivity index (χ1) is 8.70. The number of likely N-dealkylation sites (tertiary alicyclic amines) is 1. The van der Waals surface area contributed by atoms with E-state index in [-0.39, 0.29) is 29.3 Å². The minimum absolute atomic E-state index is 0.0262. The Balaban J connectivity index is 2.33. The Hall–Kier alpha value is -1.10. The van der Waals surface area contributed by atoms with Crippen LogP contribution in [0, 0.1) is 5.41 Å². The summed E-state index contributed by atoms with van der Waals surface area (Å²) in [5, 5.41) is 2.92. The molecule has 110 valence electrons. The van der Waals surface area contributed by atoms with Gasteiger partial charge in [0.15, 0.2) is 0 Å². The van der Waals surface area contributed by atoms with Gasteiger partial charge in [0.2, 0.25) is 11.8 Å². The van der Waals surface area contributed by atoms with E-state index in [1.807, 2.05) is 32.6 Å². The Morgan fingerprint density at radius 2 is 2.11 bits per heavy atom. The lowest BCUT2D eigenvalue weighted by Gasteiger charge is -2.27. The fraction of sp³-hybridized carbons (Fsp3) is 0.857. The summed E-state index contributed by atoms with van der Waals surface area (Å²) in [4.78, 5) is 25.2. The van der Waals surface area contributed by atoms with Gasteiger partial charge in [0.25, 0.3) is 0 Å². The normalized spacial score (nSPS) is 19.4. The number of rotatable bonds is 5. The van der Waals surface area contributed by atoms with Crippen molar-refractivity contribution >= 4 is 11.8 Å². The number of carbonyl (C=O) groups excluding carboxylic acids is 2. The van der Waals surface area contributed by atoms with Gasteiger partial charge in [0, 0.05) is 38.0 Å². The highest BCUT2D eigenvalue weighted by molar-refractivity contribution is 5.79. The van der Waals surface area contributed by atoms with Crippen molar-refractivity contribution in [2.24, 2.45) is 11.1 Å². The highest BCUT2D eigenvalue weighted by Gasteiger charge is 2.25. The average molecular weight is 269 g/mol. The smallest absolute Gasteiger partial charge is 0.222 e. The van der Waals surface area contributed by atoms with Crippen molar-refractivity contribution in [2.45, 2.75) is 59.0 Å². The highest BCUT2D eigenvalue weighted by Crippen LogP contribution is 2.19. The summed E-state index contributed by atoms with van der Waals surface area (Å²) in [7, 11) is 0. The van der Waals surface area contributed by atoms with E-state index in [1.165, 1.54) is 0 Å². The fourth-order valence-corrected chi connectivity index (χ4v) is 2.11. The lowest BCUT2D eigenvalue weighted by atomic mass is 9.85. The van der Waals surface area contributed by atoms with E-state index in [1.54, 1.807) is 0 Å². The summed E-state index contributed by atoms with van der Waals surface area (Å²) < 4.78 is 0. The van der Waals surface area contributed by atoms with Crippen LogP contribution in [0.15, 0.2) is 0 Å². The number of hydrogen-bond donors (Lipinski definition) is 2. The van der Waals surface area contributed by atoms with Gasteiger partial charge in [-0.1, -0.05) is 20.8 Å². The molecule has 0 aliphatic carbocycles. The SMILES string of the molecule is CC(CN1CCCC1=O)NC(=O)CC(N)C(C)(C)C. The molecule has 0 radical (unpaired) electrons. The Morgan fingerprint density at radius 3 is 2.58 bits per heavy atom. The predicted octanol–water partition coefficient (Wildman–Crippen LogP) is 0.877. The molecule has 0 aromatic rings. The van der Waals surface area contributed by atoms with Crippen molar-refractivity contribution in [1.29, 1.82) is 0 Å². The van der Waals surface area contributed by atoms with Gasteiger partial charge in [-0.2, -0.15) is 0 Å². The molecule has 0 spiro atoms. The summed E-state index contributed by atoms with van der Waals surface area (Å²) in [6.45, 7) is 9.40. The van der Waals surface area contributed by atoms with E-state index in [0.29, 0.717) is 19.4 Å². The summed E-state index contributed by atoms with van der Waals surface area (Å²) in [5.41, 5.74) is 5.91. The first kappa shape index (κ1) is 16.0. The third kappa shape index (κ3) is 5.19. The Kier molecular flexibility index (Phi) is 5.35. The quantitative estimate of drug-likeness (QED) is 0.778. The molecule has 1 aliphatic rings. The molecule has 5 heteroatoms. The number of carbonyl (C=O) groups is 2. The van der Waals surface area contributed by atoms with Crippen LogP contribution in [0.4, 0.5) is 0 Å². The minimum atomic E-state index is -0.159. The van der Waals surface area contributed by atoms with Gasteiger partial charge in [0.1, 0.15) is 0 Å². The number of hydrogen-bond acceptors (Lipinski definition) is 3. The molecular weight excluding hydrogens is 242 g/mol. The molecule has 0 saturated carbocycles. The Labute approximate surface area is 115 Å². The summed E-state index contributed by atoms with van der Waals surface area (Å²) in [5.74, 6) is 0.147. The lowest BCUT2D eigenvalue weighted by molar-refractivity contribution is -0.129. The van der Waals surface area contributed by atoms with Gasteiger partial charge in [-0.25, -0.2) is 0 Å². The van der Waals surface area contributed by atoms with Crippen LogP contribution >= 0.6 is 0 Å². The predicted molar refractivity (Wildman–Crippen MR) is 75.5 cm³/mol. The third-order valence-electron chi connectivity index (χ3n) is 3.59. The second-order valence-electron chi connectivity index (χ2n) is 6.59. The summed E-state index contributed by atoms with van der Waals surface area (Å²) in [6.07, 6.45) is 1.88. The Bertz CT molecular complexity index is 336. The highest BCUT2D eigenvalue weighted by atomic mass is 16.2. The second-order valence-corrected chi connectivity index (χ2v) is 6.59. The number of nitrogens with two attached hydrogens (primary N) is 1. The number of nitrogens with one attached hydrogen (secondary N) is 1. The molecule has 1 aliphatic heterocycles. The van der Waals surface area contributed by atoms with Crippen LogP contribution in [-0.2, 0) is 9.59 Å². The van der Waals surface area contributed by atoms with Crippen LogP contribution in [0.5, 0.6) is 0 Å². The van der Waals surface area contributed by atoms with Crippen LogP contribution in [-0.4, -0.2) is 41.9 Å². The molecule has 2 amide bonds. The molecule has 1 saturated heterocycles. The van der Waals surface area contributed by atoms with Crippen LogP contribution < -0.4 is 11.1 Å². The van der Waals surface area contributed by atoms with Crippen molar-refractivity contribution in [2.75, 3.05) is 13.1 Å². The molecule has 1 fully saturated rings. The second kappa shape index (κ2) is 6.37. The van der Waals surface area contributed by atoms with Crippen molar-refractivity contribution in [3.63, 3.8) is 0 Å². The molecule has 2 unspecified atom stereocenters. The molecular formula is C14H27N3O2. The van der Waals surface area contributed by atoms with Gasteiger partial charge >= 0.3 is 0 Å². The fourth-order valence-electron chi connectivity index (χ4n) is 2.11. The Morgan fingerprint density at radius 1 is 1.47 bits per heavy atom. The largest absolute Gasteiger partial charge is 0.352 e. The van der Waals surface area contributed by atoms with Crippen molar-refractivity contribution < 1.29 is 9.59 Å². The molecule has 0 bridgehead atoms. The van der Waals surface area contributed by atoms with Crippen LogP contribution in [0.3, 0.4) is 0 Å². The molecule has 0 aromatic carbocycles. The molecule has 1 heterocycles. The van der Waals surface area contributed by atoms with Gasteiger partial charge in [0.05, 0.1) is 0 Å². The zero-order valence-electron chi connectivity index (χ0n) is 12.5. The standard InChI is InChI=1S/C14H27N3O2/c1-10(9-17-7-5-6-13(17)19)16-12(18)8-11(15)14(2,3)4/h10-11H,5-9,15H2,1-4H3,(H,16,18). The van der Waals surface area contributed by atoms with Crippen LogP contribution in [0.1, 0.15) is 47.0 Å². The third-order valence-corrected chi connectivity index (χ3v) is 3.59. The summed E-state index contributed by atoms with van der Waals surface area (Å²) in [6, 6.07) is -0.185. The van der Waals surface area contributed by atoms with Crippen molar-refractivity contribution in [3.8, 4) is 0 Å². The molecule has 2 atom stereocenters. The van der Waals surface area contributed by atoms with E-state index < -0.39 is 0 Å².